The number of Topliss-reactive ketones (excluding diaryl/α,β-unsaturated/α-hetero) is 1. The van der Waals surface area contributed by atoms with Gasteiger partial charge in [-0.2, -0.15) is 0 Å². The summed E-state index contributed by atoms with van der Waals surface area (Å²) in [6.07, 6.45) is 3.93. The number of benzene rings is 1. The van der Waals surface area contributed by atoms with Gasteiger partial charge in [0.25, 0.3) is 5.91 Å². The number of carbonyl (C=O) groups excluding carboxylic acids is 2. The molecule has 28 heavy (non-hydrogen) atoms. The van der Waals surface area contributed by atoms with E-state index in [4.69, 9.17) is 5.73 Å². The number of ketones is 1. The number of aromatic nitrogens is 1. The van der Waals surface area contributed by atoms with Crippen molar-refractivity contribution in [3.05, 3.63) is 47.7 Å². The Hall–Kier alpha value is -2.73. The van der Waals surface area contributed by atoms with E-state index in [-0.39, 0.29) is 11.7 Å². The fourth-order valence-corrected chi connectivity index (χ4v) is 3.70. The third-order valence-corrected chi connectivity index (χ3v) is 5.46. The van der Waals surface area contributed by atoms with Gasteiger partial charge in [0.2, 0.25) is 0 Å². The van der Waals surface area contributed by atoms with Gasteiger partial charge in [-0.1, -0.05) is 38.0 Å². The second-order valence-corrected chi connectivity index (χ2v) is 7.50. The van der Waals surface area contributed by atoms with E-state index < -0.39 is 5.54 Å². The maximum absolute atomic E-state index is 13.5. The van der Waals surface area contributed by atoms with Crippen molar-refractivity contribution in [1.82, 2.24) is 15.2 Å². The van der Waals surface area contributed by atoms with Crippen LogP contribution in [0.4, 0.5) is 5.82 Å². The number of anilines is 1. The van der Waals surface area contributed by atoms with Gasteiger partial charge in [0.15, 0.2) is 11.3 Å². The molecule has 0 bridgehead atoms. The van der Waals surface area contributed by atoms with E-state index in [0.717, 1.165) is 29.5 Å². The molecule has 0 aliphatic carbocycles. The number of hydrogen-bond donors (Lipinski definition) is 2. The summed E-state index contributed by atoms with van der Waals surface area (Å²) in [6.45, 7) is 5.18. The molecule has 2 aromatic rings. The van der Waals surface area contributed by atoms with Gasteiger partial charge in [0.05, 0.1) is 0 Å². The number of hydrogen-bond acceptors (Lipinski definition) is 5. The first kappa shape index (κ1) is 20.0. The summed E-state index contributed by atoms with van der Waals surface area (Å²) < 4.78 is 0. The van der Waals surface area contributed by atoms with E-state index in [1.807, 2.05) is 31.2 Å². The Balaban J connectivity index is 2.00. The molecule has 0 saturated carbocycles. The van der Waals surface area contributed by atoms with Crippen LogP contribution in [0.15, 0.2) is 36.5 Å². The zero-order valence-electron chi connectivity index (χ0n) is 16.8. The molecule has 1 fully saturated rings. The van der Waals surface area contributed by atoms with E-state index in [1.54, 1.807) is 24.2 Å². The van der Waals surface area contributed by atoms with Gasteiger partial charge in [-0.3, -0.25) is 14.9 Å². The van der Waals surface area contributed by atoms with Gasteiger partial charge in [-0.15, -0.1) is 0 Å². The summed E-state index contributed by atoms with van der Waals surface area (Å²) >= 11 is 0. The summed E-state index contributed by atoms with van der Waals surface area (Å²) in [5.41, 5.74) is 7.82. The number of piperazine rings is 1. The number of rotatable bonds is 6. The fourth-order valence-electron chi connectivity index (χ4n) is 3.70. The summed E-state index contributed by atoms with van der Waals surface area (Å²) in [4.78, 5) is 32.4. The molecule has 1 aromatic carbocycles. The topological polar surface area (TPSA) is 88.3 Å². The molecule has 6 heteroatoms. The molecule has 0 unspecified atom stereocenters. The number of likely N-dealkylation sites (N-methyl/N-ethyl adjacent to an activating group) is 1. The highest BCUT2D eigenvalue weighted by molar-refractivity contribution is 6.18. The number of nitrogens with two attached hydrogens (primary N) is 1. The van der Waals surface area contributed by atoms with Crippen molar-refractivity contribution in [2.45, 2.75) is 38.6 Å². The van der Waals surface area contributed by atoms with Crippen LogP contribution in [0.2, 0.25) is 0 Å². The molecule has 1 aromatic heterocycles. The summed E-state index contributed by atoms with van der Waals surface area (Å²) in [5.74, 6) is 0.182. The van der Waals surface area contributed by atoms with Crippen LogP contribution in [0.1, 0.15) is 42.1 Å². The lowest BCUT2D eigenvalue weighted by Gasteiger charge is -2.40. The average Bonchev–Trinajstić information content (AvgIpc) is 2.71. The minimum atomic E-state index is -1.18. The van der Waals surface area contributed by atoms with E-state index in [1.165, 1.54) is 0 Å². The molecule has 1 amide bonds. The first-order chi connectivity index (χ1) is 13.4. The molecular formula is C22H28N4O2. The number of nitrogens with zero attached hydrogens (tertiary/aromatic N) is 2. The van der Waals surface area contributed by atoms with E-state index >= 15 is 0 Å². The second-order valence-electron chi connectivity index (χ2n) is 7.50. The molecular weight excluding hydrogens is 352 g/mol. The van der Waals surface area contributed by atoms with Gasteiger partial charge in [-0.05, 0) is 36.6 Å². The first-order valence-electron chi connectivity index (χ1n) is 9.77. The maximum Gasteiger partial charge on any atom is 0.250 e. The maximum atomic E-state index is 13.5. The Bertz CT molecular complexity index is 896. The molecule has 1 aliphatic rings. The van der Waals surface area contributed by atoms with Crippen LogP contribution in [0, 0.1) is 6.92 Å². The SMILES string of the molecule is CCCC[C@]1(C(=O)c2cccc(-c3cnc(N)c(C)c3)c2)NCCN(C)C1=O. The largest absolute Gasteiger partial charge is 0.383 e. The van der Waals surface area contributed by atoms with Crippen LogP contribution >= 0.6 is 0 Å². The lowest BCUT2D eigenvalue weighted by atomic mass is 9.81. The van der Waals surface area contributed by atoms with E-state index in [2.05, 4.69) is 17.2 Å². The van der Waals surface area contributed by atoms with Crippen molar-refractivity contribution in [1.29, 1.82) is 0 Å². The Morgan fingerprint density at radius 3 is 2.82 bits per heavy atom. The molecule has 3 rings (SSSR count). The molecule has 2 heterocycles. The molecule has 0 spiro atoms. The standard InChI is InChI=1S/C22H28N4O2/c1-4-5-9-22(21(28)26(3)11-10-25-22)19(27)17-8-6-7-16(13-17)18-12-15(2)20(23)24-14-18/h6-8,12-14,25H,4-5,9-11H2,1-3H3,(H2,23,24)/t22-/m1/s1. The minimum absolute atomic E-state index is 0.146. The van der Waals surface area contributed by atoms with Crippen LogP contribution in [-0.4, -0.2) is 47.3 Å². The highest BCUT2D eigenvalue weighted by atomic mass is 16.2. The summed E-state index contributed by atoms with van der Waals surface area (Å²) in [6, 6.07) is 9.35. The quantitative estimate of drug-likeness (QED) is 0.594. The summed E-state index contributed by atoms with van der Waals surface area (Å²) in [5, 5.41) is 3.25. The third-order valence-electron chi connectivity index (χ3n) is 5.46. The lowest BCUT2D eigenvalue weighted by molar-refractivity contribution is -0.137. The van der Waals surface area contributed by atoms with Crippen LogP contribution in [0.5, 0.6) is 0 Å². The van der Waals surface area contributed by atoms with Gasteiger partial charge in [0.1, 0.15) is 5.82 Å². The predicted molar refractivity (Wildman–Crippen MR) is 111 cm³/mol. The van der Waals surface area contributed by atoms with E-state index in [0.29, 0.717) is 30.9 Å². The van der Waals surface area contributed by atoms with Crippen molar-refractivity contribution in [2.24, 2.45) is 0 Å². The fraction of sp³-hybridized carbons (Fsp3) is 0.409. The highest BCUT2D eigenvalue weighted by Crippen LogP contribution is 2.28. The van der Waals surface area contributed by atoms with Gasteiger partial charge in [-0.25, -0.2) is 4.98 Å². The minimum Gasteiger partial charge on any atom is -0.383 e. The lowest BCUT2D eigenvalue weighted by Crippen LogP contribution is -2.67. The Labute approximate surface area is 166 Å². The second kappa shape index (κ2) is 8.10. The molecule has 1 atom stereocenters. The number of amides is 1. The predicted octanol–water partition coefficient (Wildman–Crippen LogP) is 2.81. The molecule has 6 nitrogen and oxygen atoms in total. The number of carbonyl (C=O) groups is 2. The van der Waals surface area contributed by atoms with Crippen molar-refractivity contribution < 1.29 is 9.59 Å². The van der Waals surface area contributed by atoms with Crippen LogP contribution in [0.3, 0.4) is 0 Å². The number of nitrogen functional groups attached to an aromatic ring is 1. The van der Waals surface area contributed by atoms with Crippen molar-refractivity contribution in [3.8, 4) is 11.1 Å². The monoisotopic (exact) mass is 380 g/mol. The summed E-state index contributed by atoms with van der Waals surface area (Å²) in [7, 11) is 1.76. The third kappa shape index (κ3) is 3.64. The van der Waals surface area contributed by atoms with Crippen LogP contribution in [0.25, 0.3) is 11.1 Å². The van der Waals surface area contributed by atoms with Gasteiger partial charge < -0.3 is 10.6 Å². The number of nitrogens with one attached hydrogen (secondary N) is 1. The Morgan fingerprint density at radius 2 is 2.11 bits per heavy atom. The Kier molecular flexibility index (Phi) is 5.79. The molecule has 1 saturated heterocycles. The molecule has 148 valence electrons. The van der Waals surface area contributed by atoms with Crippen LogP contribution < -0.4 is 11.1 Å². The zero-order valence-corrected chi connectivity index (χ0v) is 16.8. The smallest absolute Gasteiger partial charge is 0.250 e. The van der Waals surface area contributed by atoms with Crippen molar-refractivity contribution in [3.63, 3.8) is 0 Å². The van der Waals surface area contributed by atoms with Gasteiger partial charge in [0, 0.05) is 37.5 Å². The number of aryl methyl sites for hydroxylation is 1. The first-order valence-corrected chi connectivity index (χ1v) is 9.77. The normalized spacial score (nSPS) is 19.7. The number of unbranched alkanes of at least 4 members (excludes halogenated alkanes) is 1. The van der Waals surface area contributed by atoms with Gasteiger partial charge >= 0.3 is 0 Å². The number of pyridine rings is 1. The average molecular weight is 380 g/mol. The molecule has 0 radical (unpaired) electrons. The van der Waals surface area contributed by atoms with E-state index in [9.17, 15) is 9.59 Å². The zero-order chi connectivity index (χ0) is 20.3. The van der Waals surface area contributed by atoms with Crippen molar-refractivity contribution >= 4 is 17.5 Å². The highest BCUT2D eigenvalue weighted by Gasteiger charge is 2.48. The molecule has 1 aliphatic heterocycles. The Morgan fingerprint density at radius 1 is 1.32 bits per heavy atom. The van der Waals surface area contributed by atoms with Crippen molar-refractivity contribution in [2.75, 3.05) is 25.9 Å². The van der Waals surface area contributed by atoms with Crippen LogP contribution in [-0.2, 0) is 4.79 Å². The molecule has 3 N–H and O–H groups in total.